The van der Waals surface area contributed by atoms with E-state index in [0.717, 1.165) is 29.7 Å². The first-order chi connectivity index (χ1) is 21.1. The Labute approximate surface area is 253 Å². The van der Waals surface area contributed by atoms with Crippen LogP contribution in [0, 0.1) is 0 Å². The highest BCUT2D eigenvalue weighted by atomic mass is 14.6. The molecule has 0 fully saturated rings. The van der Waals surface area contributed by atoms with Gasteiger partial charge in [-0.05, 0) is 97.3 Å². The lowest BCUT2D eigenvalue weighted by Crippen LogP contribution is -1.95. The molecule has 43 heavy (non-hydrogen) atoms. The van der Waals surface area contributed by atoms with Gasteiger partial charge < -0.3 is 11.5 Å². The lowest BCUT2D eigenvalue weighted by molar-refractivity contribution is 1.23. The zero-order valence-corrected chi connectivity index (χ0v) is 24.3. The van der Waals surface area contributed by atoms with Gasteiger partial charge in [0, 0.05) is 17.7 Å². The predicted molar refractivity (Wildman–Crippen MR) is 184 cm³/mol. The standard InChI is InChI=1S/C41H34N2/c1-27-32(31(26-42)25-39(27)36-15-9-10-18-40(36)43)23-24-35-33-13-5-7-16-37(33)41(38-17-8-6-14-34(35)38)30-21-19-29(20-22-30)28-11-3-2-4-12-28/h2-23,26H,24-25,42-43H2,1H3/b31-26-,32-23-. The highest BCUT2D eigenvalue weighted by Crippen LogP contribution is 2.44. The maximum atomic E-state index is 6.38. The summed E-state index contributed by atoms with van der Waals surface area (Å²) in [5, 5.41) is 5.11. The summed E-state index contributed by atoms with van der Waals surface area (Å²) < 4.78 is 0. The topological polar surface area (TPSA) is 52.0 Å². The van der Waals surface area contributed by atoms with Crippen molar-refractivity contribution >= 4 is 32.8 Å². The van der Waals surface area contributed by atoms with Gasteiger partial charge in [0.05, 0.1) is 0 Å². The second-order valence-corrected chi connectivity index (χ2v) is 11.3. The van der Waals surface area contributed by atoms with Gasteiger partial charge in [-0.3, -0.25) is 0 Å². The van der Waals surface area contributed by atoms with Gasteiger partial charge in [0.1, 0.15) is 0 Å². The van der Waals surface area contributed by atoms with E-state index in [4.69, 9.17) is 11.5 Å². The van der Waals surface area contributed by atoms with Crippen LogP contribution in [0.2, 0.25) is 0 Å². The maximum Gasteiger partial charge on any atom is 0.0390 e. The summed E-state index contributed by atoms with van der Waals surface area (Å²) in [5.41, 5.74) is 25.6. The minimum Gasteiger partial charge on any atom is -0.404 e. The highest BCUT2D eigenvalue weighted by molar-refractivity contribution is 6.15. The lowest BCUT2D eigenvalue weighted by Gasteiger charge is -2.17. The van der Waals surface area contributed by atoms with Crippen LogP contribution in [-0.4, -0.2) is 0 Å². The van der Waals surface area contributed by atoms with E-state index in [9.17, 15) is 0 Å². The number of fused-ring (bicyclic) bond motifs is 2. The Morgan fingerprint density at radius 3 is 1.77 bits per heavy atom. The molecule has 1 aliphatic carbocycles. The molecular formula is C41H34N2. The van der Waals surface area contributed by atoms with Gasteiger partial charge >= 0.3 is 0 Å². The fourth-order valence-electron chi connectivity index (χ4n) is 6.74. The Bertz CT molecular complexity index is 2020. The van der Waals surface area contributed by atoms with Crippen LogP contribution >= 0.6 is 0 Å². The second kappa shape index (κ2) is 11.2. The average molecular weight is 555 g/mol. The molecule has 0 amide bonds. The number of para-hydroxylation sites is 1. The summed E-state index contributed by atoms with van der Waals surface area (Å²) in [7, 11) is 0. The zero-order chi connectivity index (χ0) is 29.3. The van der Waals surface area contributed by atoms with Gasteiger partial charge in [-0.1, -0.05) is 127 Å². The summed E-state index contributed by atoms with van der Waals surface area (Å²) in [6, 6.07) is 45.3. The van der Waals surface area contributed by atoms with E-state index in [2.05, 4.69) is 128 Å². The summed E-state index contributed by atoms with van der Waals surface area (Å²) in [5.74, 6) is 0. The molecule has 7 rings (SSSR count). The molecule has 6 aromatic carbocycles. The second-order valence-electron chi connectivity index (χ2n) is 11.3. The molecule has 0 aromatic heterocycles. The Hall–Kier alpha value is -5.34. The Balaban J connectivity index is 1.36. The van der Waals surface area contributed by atoms with E-state index < -0.39 is 0 Å². The van der Waals surface area contributed by atoms with E-state index in [1.165, 1.54) is 66.1 Å². The molecule has 0 spiro atoms. The van der Waals surface area contributed by atoms with Crippen LogP contribution < -0.4 is 11.5 Å². The number of rotatable bonds is 5. The molecule has 0 saturated heterocycles. The van der Waals surface area contributed by atoms with Crippen LogP contribution in [-0.2, 0) is 6.42 Å². The predicted octanol–water partition coefficient (Wildman–Crippen LogP) is 10.1. The molecule has 208 valence electrons. The molecule has 0 radical (unpaired) electrons. The fourth-order valence-corrected chi connectivity index (χ4v) is 6.74. The van der Waals surface area contributed by atoms with Gasteiger partial charge in [0.15, 0.2) is 0 Å². The first kappa shape index (κ1) is 26.6. The van der Waals surface area contributed by atoms with E-state index in [1.807, 2.05) is 12.1 Å². The van der Waals surface area contributed by atoms with Crippen LogP contribution in [0.1, 0.15) is 24.5 Å². The van der Waals surface area contributed by atoms with Gasteiger partial charge in [-0.25, -0.2) is 0 Å². The minimum atomic E-state index is 0.793. The van der Waals surface area contributed by atoms with Crippen molar-refractivity contribution in [2.45, 2.75) is 19.8 Å². The third-order valence-corrected chi connectivity index (χ3v) is 8.89. The maximum absolute atomic E-state index is 6.38. The summed E-state index contributed by atoms with van der Waals surface area (Å²) in [6.45, 7) is 2.20. The molecule has 2 nitrogen and oxygen atoms in total. The van der Waals surface area contributed by atoms with E-state index >= 15 is 0 Å². The highest BCUT2D eigenvalue weighted by Gasteiger charge is 2.24. The summed E-state index contributed by atoms with van der Waals surface area (Å²) in [4.78, 5) is 0. The van der Waals surface area contributed by atoms with Crippen molar-refractivity contribution < 1.29 is 0 Å². The van der Waals surface area contributed by atoms with Crippen molar-refractivity contribution in [3.63, 3.8) is 0 Å². The average Bonchev–Trinajstić information content (AvgIpc) is 3.38. The van der Waals surface area contributed by atoms with Crippen LogP contribution in [0.15, 0.2) is 156 Å². The Morgan fingerprint density at radius 2 is 1.14 bits per heavy atom. The zero-order valence-electron chi connectivity index (χ0n) is 24.3. The first-order valence-corrected chi connectivity index (χ1v) is 14.9. The minimum absolute atomic E-state index is 0.793. The molecule has 0 heterocycles. The van der Waals surface area contributed by atoms with Crippen LogP contribution in [0.4, 0.5) is 5.69 Å². The van der Waals surface area contributed by atoms with Gasteiger partial charge in [-0.15, -0.1) is 0 Å². The normalized spacial score (nSPS) is 15.3. The number of anilines is 1. The largest absolute Gasteiger partial charge is 0.404 e. The van der Waals surface area contributed by atoms with E-state index in [0.29, 0.717) is 0 Å². The monoisotopic (exact) mass is 554 g/mol. The molecule has 1 aliphatic rings. The van der Waals surface area contributed by atoms with Crippen molar-refractivity contribution in [3.8, 4) is 22.3 Å². The van der Waals surface area contributed by atoms with Gasteiger partial charge in [0.25, 0.3) is 0 Å². The molecule has 0 saturated carbocycles. The first-order valence-electron chi connectivity index (χ1n) is 14.9. The third kappa shape index (κ3) is 4.71. The number of allylic oxidation sites excluding steroid dienone is 5. The molecule has 0 atom stereocenters. The number of nitrogen functional groups attached to an aromatic ring is 1. The third-order valence-electron chi connectivity index (χ3n) is 8.89. The van der Waals surface area contributed by atoms with Crippen molar-refractivity contribution in [3.05, 3.63) is 168 Å². The molecular weight excluding hydrogens is 520 g/mol. The Morgan fingerprint density at radius 1 is 0.605 bits per heavy atom. The van der Waals surface area contributed by atoms with Crippen molar-refractivity contribution in [1.82, 2.24) is 0 Å². The van der Waals surface area contributed by atoms with Crippen molar-refractivity contribution in [2.24, 2.45) is 5.73 Å². The number of hydrogen-bond acceptors (Lipinski definition) is 2. The Kier molecular flexibility index (Phi) is 6.89. The van der Waals surface area contributed by atoms with E-state index in [1.54, 1.807) is 6.20 Å². The quantitative estimate of drug-likeness (QED) is 0.165. The fraction of sp³-hybridized carbons (Fsp3) is 0.0732. The molecule has 0 bridgehead atoms. The van der Waals surface area contributed by atoms with Crippen LogP contribution in [0.25, 0.3) is 49.4 Å². The summed E-state index contributed by atoms with van der Waals surface area (Å²) >= 11 is 0. The van der Waals surface area contributed by atoms with Crippen LogP contribution in [0.5, 0.6) is 0 Å². The van der Waals surface area contributed by atoms with Gasteiger partial charge in [0.2, 0.25) is 0 Å². The smallest absolute Gasteiger partial charge is 0.0390 e. The van der Waals surface area contributed by atoms with E-state index in [-0.39, 0.29) is 0 Å². The number of hydrogen-bond donors (Lipinski definition) is 2. The summed E-state index contributed by atoms with van der Waals surface area (Å²) in [6.07, 6.45) is 5.72. The molecule has 4 N–H and O–H groups in total. The number of nitrogens with two attached hydrogens (primary N) is 2. The molecule has 0 aliphatic heterocycles. The lowest BCUT2D eigenvalue weighted by atomic mass is 9.86. The van der Waals surface area contributed by atoms with Crippen molar-refractivity contribution in [1.29, 1.82) is 0 Å². The van der Waals surface area contributed by atoms with Gasteiger partial charge in [-0.2, -0.15) is 0 Å². The molecule has 0 unspecified atom stereocenters. The molecule has 6 aromatic rings. The SMILES string of the molecule is CC1=C(c2ccccc2N)CC(=C/N)/C1=C\Cc1c2ccccc2c(-c2ccc(-c3ccccc3)cc2)c2ccccc12. The molecule has 2 heteroatoms. The van der Waals surface area contributed by atoms with Crippen molar-refractivity contribution in [2.75, 3.05) is 5.73 Å². The number of benzene rings is 6. The van der Waals surface area contributed by atoms with Crippen LogP contribution in [0.3, 0.4) is 0 Å².